The zero-order valence-corrected chi connectivity index (χ0v) is 19.4. The number of H-pyrrole nitrogens is 1. The van der Waals surface area contributed by atoms with Crippen molar-refractivity contribution in [1.82, 2.24) is 15.6 Å². The lowest BCUT2D eigenvalue weighted by Crippen LogP contribution is -2.38. The molecule has 0 saturated heterocycles. The molecule has 0 amide bonds. The number of nitrogens with one attached hydrogen (secondary N) is 3. The van der Waals surface area contributed by atoms with Gasteiger partial charge in [0, 0.05) is 35.8 Å². The van der Waals surface area contributed by atoms with Crippen molar-refractivity contribution < 1.29 is 9.84 Å². The van der Waals surface area contributed by atoms with Crippen LogP contribution in [0.15, 0.2) is 47.6 Å². The number of guanidine groups is 1. The molecule has 29 heavy (non-hydrogen) atoms. The van der Waals surface area contributed by atoms with Crippen LogP contribution in [0.1, 0.15) is 23.6 Å². The van der Waals surface area contributed by atoms with Gasteiger partial charge in [0.25, 0.3) is 0 Å². The molecule has 1 heterocycles. The molecule has 2 aromatic carbocycles. The van der Waals surface area contributed by atoms with Crippen LogP contribution in [-0.2, 0) is 13.0 Å². The molecule has 0 aliphatic heterocycles. The summed E-state index contributed by atoms with van der Waals surface area (Å²) in [4.78, 5) is 7.93. The van der Waals surface area contributed by atoms with Crippen molar-refractivity contribution in [2.75, 3.05) is 20.2 Å². The number of ether oxygens (including phenoxy) is 1. The van der Waals surface area contributed by atoms with Crippen molar-refractivity contribution in [3.05, 3.63) is 59.3 Å². The summed E-state index contributed by atoms with van der Waals surface area (Å²) in [5.74, 6) is 1.32. The molecule has 4 N–H and O–H groups in total. The lowest BCUT2D eigenvalue weighted by Gasteiger charge is -2.12. The molecule has 6 nitrogen and oxygen atoms in total. The second kappa shape index (κ2) is 10.9. The van der Waals surface area contributed by atoms with Gasteiger partial charge in [0.2, 0.25) is 0 Å². The maximum absolute atomic E-state index is 10.2. The summed E-state index contributed by atoms with van der Waals surface area (Å²) in [5.41, 5.74) is 4.47. The molecular formula is C22H29IN4O2. The van der Waals surface area contributed by atoms with Crippen LogP contribution < -0.4 is 15.4 Å². The fraction of sp³-hybridized carbons (Fsp3) is 0.318. The number of methoxy groups -OCH3 is 1. The average molecular weight is 508 g/mol. The highest BCUT2D eigenvalue weighted by Gasteiger charge is 2.08. The van der Waals surface area contributed by atoms with Crippen molar-refractivity contribution >= 4 is 40.8 Å². The summed E-state index contributed by atoms with van der Waals surface area (Å²) in [6.07, 6.45) is 2.97. The van der Waals surface area contributed by atoms with E-state index in [0.29, 0.717) is 12.3 Å². The summed E-state index contributed by atoms with van der Waals surface area (Å²) < 4.78 is 5.16. The Morgan fingerprint density at radius 1 is 1.14 bits per heavy atom. The highest BCUT2D eigenvalue weighted by molar-refractivity contribution is 14.0. The number of benzene rings is 2. The van der Waals surface area contributed by atoms with Crippen LogP contribution in [0.4, 0.5) is 0 Å². The lowest BCUT2D eigenvalue weighted by molar-refractivity contribution is 0.370. The fourth-order valence-electron chi connectivity index (χ4n) is 3.33. The molecule has 3 aromatic rings. The number of halogens is 1. The number of aromatic amines is 1. The topological polar surface area (TPSA) is 81.7 Å². The zero-order chi connectivity index (χ0) is 19.9. The first-order chi connectivity index (χ1) is 13.6. The van der Waals surface area contributed by atoms with Crippen LogP contribution in [-0.4, -0.2) is 36.2 Å². The van der Waals surface area contributed by atoms with E-state index in [9.17, 15) is 5.11 Å². The third kappa shape index (κ3) is 5.56. The number of aryl methyl sites for hydroxylation is 1. The van der Waals surface area contributed by atoms with E-state index in [0.717, 1.165) is 31.0 Å². The molecule has 0 aliphatic carbocycles. The maximum Gasteiger partial charge on any atom is 0.191 e. The van der Waals surface area contributed by atoms with Crippen molar-refractivity contribution in [2.45, 2.75) is 26.8 Å². The van der Waals surface area contributed by atoms with Crippen LogP contribution in [0.25, 0.3) is 10.9 Å². The summed E-state index contributed by atoms with van der Waals surface area (Å²) in [6.45, 7) is 6.06. The predicted octanol–water partition coefficient (Wildman–Crippen LogP) is 4.11. The predicted molar refractivity (Wildman–Crippen MR) is 130 cm³/mol. The van der Waals surface area contributed by atoms with Crippen LogP contribution in [0.3, 0.4) is 0 Å². The standard InChI is InChI=1S/C22H28N4O2.HI/c1-4-23-22(26-14-17-8-6-10-19(28-3)21(17)27)24-12-11-16-13-25-18-9-5-7-15(2)20(16)18;/h5-10,13,25,27H,4,11-12,14H2,1-3H3,(H2,23,24,26);1H. The van der Waals surface area contributed by atoms with Gasteiger partial charge in [-0.25, -0.2) is 4.99 Å². The molecule has 0 unspecified atom stereocenters. The quantitative estimate of drug-likeness (QED) is 0.220. The summed E-state index contributed by atoms with van der Waals surface area (Å²) in [6, 6.07) is 11.7. The van der Waals surface area contributed by atoms with Gasteiger partial charge in [-0.3, -0.25) is 0 Å². The third-order valence-corrected chi connectivity index (χ3v) is 4.74. The highest BCUT2D eigenvalue weighted by atomic mass is 127. The molecule has 3 rings (SSSR count). The normalized spacial score (nSPS) is 11.2. The Balaban J connectivity index is 0.00000300. The van der Waals surface area contributed by atoms with E-state index in [1.165, 1.54) is 22.0 Å². The number of aromatic nitrogens is 1. The van der Waals surface area contributed by atoms with E-state index in [2.05, 4.69) is 51.9 Å². The van der Waals surface area contributed by atoms with Gasteiger partial charge < -0.3 is 25.5 Å². The minimum absolute atomic E-state index is 0. The van der Waals surface area contributed by atoms with Crippen molar-refractivity contribution in [3.63, 3.8) is 0 Å². The van der Waals surface area contributed by atoms with Gasteiger partial charge >= 0.3 is 0 Å². The third-order valence-electron chi connectivity index (χ3n) is 4.74. The number of para-hydroxylation sites is 1. The van der Waals surface area contributed by atoms with Gasteiger partial charge in [0.05, 0.1) is 13.7 Å². The number of phenols is 1. The SMILES string of the molecule is CCNC(=NCc1cccc(OC)c1O)NCCc1c[nH]c2cccc(C)c12.I. The monoisotopic (exact) mass is 508 g/mol. The van der Waals surface area contributed by atoms with Gasteiger partial charge in [-0.15, -0.1) is 24.0 Å². The van der Waals surface area contributed by atoms with E-state index in [4.69, 9.17) is 4.74 Å². The number of fused-ring (bicyclic) bond motifs is 1. The van der Waals surface area contributed by atoms with Crippen molar-refractivity contribution in [3.8, 4) is 11.5 Å². The van der Waals surface area contributed by atoms with Crippen LogP contribution in [0.5, 0.6) is 11.5 Å². The van der Waals surface area contributed by atoms with Crippen LogP contribution in [0.2, 0.25) is 0 Å². The minimum Gasteiger partial charge on any atom is -0.504 e. The van der Waals surface area contributed by atoms with Gasteiger partial charge in [0.1, 0.15) is 0 Å². The Kier molecular flexibility index (Phi) is 8.63. The van der Waals surface area contributed by atoms with E-state index in [1.807, 2.05) is 19.1 Å². The first-order valence-corrected chi connectivity index (χ1v) is 9.56. The van der Waals surface area contributed by atoms with E-state index >= 15 is 0 Å². The van der Waals surface area contributed by atoms with Gasteiger partial charge in [-0.2, -0.15) is 0 Å². The number of rotatable bonds is 7. The van der Waals surface area contributed by atoms with Crippen molar-refractivity contribution in [2.24, 2.45) is 4.99 Å². The molecular weight excluding hydrogens is 479 g/mol. The Labute approximate surface area is 188 Å². The Hall–Kier alpha value is -2.42. The number of phenolic OH excluding ortho intramolecular Hbond substituents is 1. The largest absolute Gasteiger partial charge is 0.504 e. The summed E-state index contributed by atoms with van der Waals surface area (Å²) >= 11 is 0. The Bertz CT molecular complexity index is 969. The number of hydrogen-bond acceptors (Lipinski definition) is 3. The number of aliphatic imine (C=N–C) groups is 1. The second-order valence-corrected chi connectivity index (χ2v) is 6.65. The number of hydrogen-bond donors (Lipinski definition) is 4. The highest BCUT2D eigenvalue weighted by Crippen LogP contribution is 2.29. The lowest BCUT2D eigenvalue weighted by atomic mass is 10.1. The molecule has 0 fully saturated rings. The average Bonchev–Trinajstić information content (AvgIpc) is 3.11. The maximum atomic E-state index is 10.2. The molecule has 0 saturated carbocycles. The molecule has 0 spiro atoms. The number of nitrogens with zero attached hydrogens (tertiary/aromatic N) is 1. The minimum atomic E-state index is 0. The first-order valence-electron chi connectivity index (χ1n) is 9.56. The smallest absolute Gasteiger partial charge is 0.191 e. The molecule has 1 aromatic heterocycles. The van der Waals surface area contributed by atoms with E-state index in [-0.39, 0.29) is 29.7 Å². The number of aromatic hydroxyl groups is 1. The summed E-state index contributed by atoms with van der Waals surface area (Å²) in [7, 11) is 1.54. The molecule has 7 heteroatoms. The van der Waals surface area contributed by atoms with Crippen LogP contribution >= 0.6 is 24.0 Å². The Morgan fingerprint density at radius 3 is 2.69 bits per heavy atom. The van der Waals surface area contributed by atoms with Gasteiger partial charge in [-0.1, -0.05) is 24.3 Å². The molecule has 0 aliphatic rings. The Morgan fingerprint density at radius 2 is 1.93 bits per heavy atom. The fourth-order valence-corrected chi connectivity index (χ4v) is 3.33. The van der Waals surface area contributed by atoms with E-state index in [1.54, 1.807) is 13.2 Å². The molecule has 0 radical (unpaired) electrons. The molecule has 0 bridgehead atoms. The van der Waals surface area contributed by atoms with Gasteiger partial charge in [-0.05, 0) is 43.5 Å². The molecule has 0 atom stereocenters. The van der Waals surface area contributed by atoms with Gasteiger partial charge in [0.15, 0.2) is 17.5 Å². The zero-order valence-electron chi connectivity index (χ0n) is 17.1. The van der Waals surface area contributed by atoms with Crippen LogP contribution in [0, 0.1) is 6.92 Å². The second-order valence-electron chi connectivity index (χ2n) is 6.65. The summed E-state index contributed by atoms with van der Waals surface area (Å²) in [5, 5.41) is 18.1. The van der Waals surface area contributed by atoms with E-state index < -0.39 is 0 Å². The molecule has 156 valence electrons. The first kappa shape index (κ1) is 22.9. The van der Waals surface area contributed by atoms with Crippen molar-refractivity contribution in [1.29, 1.82) is 0 Å².